The molecule has 0 aromatic heterocycles. The van der Waals surface area contributed by atoms with Crippen LogP contribution >= 0.6 is 0 Å². The van der Waals surface area contributed by atoms with E-state index in [1.807, 2.05) is 6.08 Å². The Morgan fingerprint density at radius 1 is 0.465 bits per heavy atom. The first-order valence-electron chi connectivity index (χ1n) is 31.4. The van der Waals surface area contributed by atoms with Crippen LogP contribution in [0.4, 0.5) is 0 Å². The minimum absolute atomic E-state index is 0.171. The first-order valence-corrected chi connectivity index (χ1v) is 31.4. The Morgan fingerprint density at radius 3 is 1.10 bits per heavy atom. The number of aliphatic hydroxyl groups is 5. The first-order chi connectivity index (χ1) is 34.8. The van der Waals surface area contributed by atoms with Crippen LogP contribution in [0, 0.1) is 0 Å². The Bertz CT molecular complexity index is 1120. The zero-order valence-corrected chi connectivity index (χ0v) is 47.0. The summed E-state index contributed by atoms with van der Waals surface area (Å²) in [5.74, 6) is -0.171. The molecule has 1 heterocycles. The third-order valence-electron chi connectivity index (χ3n) is 15.4. The third-order valence-corrected chi connectivity index (χ3v) is 15.4. The summed E-state index contributed by atoms with van der Waals surface area (Å²) in [5.41, 5.74) is 0. The van der Waals surface area contributed by atoms with Crippen LogP contribution in [0.25, 0.3) is 0 Å². The Hall–Kier alpha value is -1.07. The average Bonchev–Trinajstić information content (AvgIpc) is 3.37. The molecule has 0 radical (unpaired) electrons. The van der Waals surface area contributed by atoms with E-state index in [-0.39, 0.29) is 12.5 Å². The molecule has 1 rings (SSSR count). The van der Waals surface area contributed by atoms with Crippen LogP contribution in [0.2, 0.25) is 0 Å². The lowest BCUT2D eigenvalue weighted by Crippen LogP contribution is -2.60. The van der Waals surface area contributed by atoms with Crippen LogP contribution in [0.1, 0.15) is 322 Å². The lowest BCUT2D eigenvalue weighted by Gasteiger charge is -2.40. The van der Waals surface area contributed by atoms with E-state index < -0.39 is 49.5 Å². The molecule has 0 bridgehead atoms. The number of carbonyl (C=O) groups excluding carboxylic acids is 1. The summed E-state index contributed by atoms with van der Waals surface area (Å²) < 4.78 is 11.2. The van der Waals surface area contributed by atoms with Crippen molar-refractivity contribution in [2.45, 2.75) is 365 Å². The Kier molecular flexibility index (Phi) is 50.1. The smallest absolute Gasteiger partial charge is 0.220 e. The fourth-order valence-corrected chi connectivity index (χ4v) is 10.4. The predicted molar refractivity (Wildman–Crippen MR) is 300 cm³/mol. The van der Waals surface area contributed by atoms with Gasteiger partial charge in [-0.25, -0.2) is 0 Å². The van der Waals surface area contributed by atoms with Gasteiger partial charge in [-0.3, -0.25) is 4.79 Å². The maximum atomic E-state index is 13.0. The van der Waals surface area contributed by atoms with Gasteiger partial charge in [-0.15, -0.1) is 0 Å². The van der Waals surface area contributed by atoms with Crippen molar-refractivity contribution < 1.29 is 39.8 Å². The molecule has 6 N–H and O–H groups in total. The lowest BCUT2D eigenvalue weighted by molar-refractivity contribution is -0.302. The normalized spacial score (nSPS) is 19.2. The predicted octanol–water partition coefficient (Wildman–Crippen LogP) is 16.0. The van der Waals surface area contributed by atoms with E-state index in [1.54, 1.807) is 6.08 Å². The molecule has 9 nitrogen and oxygen atoms in total. The van der Waals surface area contributed by atoms with Crippen LogP contribution in [0.15, 0.2) is 12.2 Å². The highest BCUT2D eigenvalue weighted by molar-refractivity contribution is 5.76. The molecule has 1 aliphatic heterocycles. The summed E-state index contributed by atoms with van der Waals surface area (Å²) in [6, 6.07) is -0.799. The number of allylic oxidation sites excluding steroid dienone is 1. The highest BCUT2D eigenvalue weighted by atomic mass is 16.7. The maximum Gasteiger partial charge on any atom is 0.220 e. The van der Waals surface area contributed by atoms with Crippen LogP contribution in [-0.4, -0.2) is 87.5 Å². The molecule has 0 aliphatic carbocycles. The first kappa shape index (κ1) is 67.9. The highest BCUT2D eigenvalue weighted by Gasteiger charge is 2.44. The fraction of sp³-hybridized carbons (Fsp3) is 0.952. The number of hydrogen-bond donors (Lipinski definition) is 6. The van der Waals surface area contributed by atoms with Crippen molar-refractivity contribution in [3.8, 4) is 0 Å². The lowest BCUT2D eigenvalue weighted by atomic mass is 9.99. The van der Waals surface area contributed by atoms with E-state index in [9.17, 15) is 30.3 Å². The van der Waals surface area contributed by atoms with Crippen molar-refractivity contribution in [1.29, 1.82) is 0 Å². The number of aliphatic hydroxyl groups excluding tert-OH is 5. The minimum Gasteiger partial charge on any atom is -0.394 e. The number of carbonyl (C=O) groups is 1. The summed E-state index contributed by atoms with van der Waals surface area (Å²) in [4.78, 5) is 13.0. The second kappa shape index (κ2) is 52.4. The van der Waals surface area contributed by atoms with Crippen molar-refractivity contribution in [3.63, 3.8) is 0 Å². The maximum absolute atomic E-state index is 13.0. The van der Waals surface area contributed by atoms with Gasteiger partial charge in [0.2, 0.25) is 5.91 Å². The molecule has 0 aromatic carbocycles. The molecule has 422 valence electrons. The standard InChI is InChI=1S/C62H121NO8/c1-3-5-7-9-11-13-15-16-17-18-19-20-21-22-23-24-25-26-27-28-29-30-31-32-33-34-35-36-37-38-39-40-42-44-46-48-50-52-58(66)63-55(54-70-62-61(69)60(68)59(67)57(53-64)71-62)56(65)51-49-47-45-43-41-14-12-10-8-6-4-2/h49,51,55-57,59-62,64-65,67-69H,3-48,50,52-54H2,1-2H3,(H,63,66)/b51-49+. The zero-order chi connectivity index (χ0) is 51.5. The van der Waals surface area contributed by atoms with E-state index in [2.05, 4.69) is 19.2 Å². The zero-order valence-electron chi connectivity index (χ0n) is 47.0. The summed E-state index contributed by atoms with van der Waals surface area (Å²) in [6.07, 6.45) is 59.1. The van der Waals surface area contributed by atoms with Gasteiger partial charge in [0.25, 0.3) is 0 Å². The molecule has 71 heavy (non-hydrogen) atoms. The molecular formula is C62H121NO8. The van der Waals surface area contributed by atoms with E-state index in [1.165, 1.54) is 263 Å². The van der Waals surface area contributed by atoms with Crippen molar-refractivity contribution >= 4 is 5.91 Å². The molecule has 7 unspecified atom stereocenters. The van der Waals surface area contributed by atoms with Crippen molar-refractivity contribution in [2.24, 2.45) is 0 Å². The number of hydrogen-bond acceptors (Lipinski definition) is 8. The summed E-state index contributed by atoms with van der Waals surface area (Å²) in [7, 11) is 0. The Balaban J connectivity index is 2.01. The van der Waals surface area contributed by atoms with E-state index >= 15 is 0 Å². The second-order valence-corrected chi connectivity index (χ2v) is 22.2. The van der Waals surface area contributed by atoms with Gasteiger partial charge in [-0.2, -0.15) is 0 Å². The molecule has 1 saturated heterocycles. The molecule has 0 spiro atoms. The van der Waals surface area contributed by atoms with Gasteiger partial charge in [-0.1, -0.05) is 309 Å². The molecule has 0 aromatic rings. The van der Waals surface area contributed by atoms with Crippen LogP contribution < -0.4 is 5.32 Å². The van der Waals surface area contributed by atoms with Gasteiger partial charge < -0.3 is 40.3 Å². The highest BCUT2D eigenvalue weighted by Crippen LogP contribution is 2.23. The van der Waals surface area contributed by atoms with Gasteiger partial charge in [0.15, 0.2) is 6.29 Å². The van der Waals surface area contributed by atoms with E-state index in [0.717, 1.165) is 38.5 Å². The summed E-state index contributed by atoms with van der Waals surface area (Å²) >= 11 is 0. The quantitative estimate of drug-likeness (QED) is 0.0261. The van der Waals surface area contributed by atoms with Gasteiger partial charge in [0, 0.05) is 6.42 Å². The Labute approximate surface area is 439 Å². The van der Waals surface area contributed by atoms with Gasteiger partial charge in [0.1, 0.15) is 24.4 Å². The SMILES string of the molecule is CCCCCCCCCCC/C=C/C(O)C(COC1OC(CO)C(O)C(O)C1O)NC(=O)CCCCCCCCCCCCCCCCCCCCCCCCCCCCCCCCCCCCCCC. The monoisotopic (exact) mass is 1010 g/mol. The molecule has 9 heteroatoms. The van der Waals surface area contributed by atoms with Crippen molar-refractivity contribution in [2.75, 3.05) is 13.2 Å². The van der Waals surface area contributed by atoms with Crippen molar-refractivity contribution in [3.05, 3.63) is 12.2 Å². The van der Waals surface area contributed by atoms with Crippen LogP contribution in [0.5, 0.6) is 0 Å². The number of unbranched alkanes of at least 4 members (excludes halogenated alkanes) is 45. The number of rotatable bonds is 55. The van der Waals surface area contributed by atoms with Gasteiger partial charge >= 0.3 is 0 Å². The number of amides is 1. The molecule has 1 amide bonds. The summed E-state index contributed by atoms with van der Waals surface area (Å²) in [6.45, 7) is 3.80. The third kappa shape index (κ3) is 41.8. The van der Waals surface area contributed by atoms with Crippen LogP contribution in [-0.2, 0) is 14.3 Å². The van der Waals surface area contributed by atoms with Crippen LogP contribution in [0.3, 0.4) is 0 Å². The second-order valence-electron chi connectivity index (χ2n) is 22.2. The van der Waals surface area contributed by atoms with E-state index in [0.29, 0.717) is 6.42 Å². The average molecular weight is 1010 g/mol. The van der Waals surface area contributed by atoms with Gasteiger partial charge in [-0.05, 0) is 19.3 Å². The molecule has 1 aliphatic rings. The largest absolute Gasteiger partial charge is 0.394 e. The van der Waals surface area contributed by atoms with Gasteiger partial charge in [0.05, 0.1) is 25.4 Å². The van der Waals surface area contributed by atoms with Crippen molar-refractivity contribution in [1.82, 2.24) is 5.32 Å². The molecule has 0 saturated carbocycles. The minimum atomic E-state index is -1.56. The number of nitrogens with one attached hydrogen (secondary N) is 1. The molecule has 7 atom stereocenters. The fourth-order valence-electron chi connectivity index (χ4n) is 10.4. The topological polar surface area (TPSA) is 149 Å². The Morgan fingerprint density at radius 2 is 0.775 bits per heavy atom. The molecular weight excluding hydrogens is 887 g/mol. The summed E-state index contributed by atoms with van der Waals surface area (Å²) in [5, 5.41) is 54.3. The number of ether oxygens (including phenoxy) is 2. The van der Waals surface area contributed by atoms with E-state index in [4.69, 9.17) is 9.47 Å². The molecule has 1 fully saturated rings.